The van der Waals surface area contributed by atoms with Gasteiger partial charge in [-0.3, -0.25) is 14.9 Å². The molecule has 2 aromatic carbocycles. The molecular formula is C24H21N5O6. The molecule has 2 aromatic heterocycles. The molecule has 178 valence electrons. The maximum Gasteiger partial charge on any atom is 0.359 e. The molecule has 2 heterocycles. The zero-order valence-corrected chi connectivity index (χ0v) is 18.9. The van der Waals surface area contributed by atoms with E-state index in [1.807, 2.05) is 30.3 Å². The number of nitrogens with zero attached hydrogens (tertiary/aromatic N) is 4. The highest BCUT2D eigenvalue weighted by Crippen LogP contribution is 2.18. The van der Waals surface area contributed by atoms with Gasteiger partial charge in [0, 0.05) is 5.39 Å². The fourth-order valence-electron chi connectivity index (χ4n) is 3.28. The van der Waals surface area contributed by atoms with E-state index in [1.165, 1.54) is 25.0 Å². The van der Waals surface area contributed by atoms with Gasteiger partial charge in [-0.1, -0.05) is 48.5 Å². The lowest BCUT2D eigenvalue weighted by atomic mass is 10.1. The van der Waals surface area contributed by atoms with Crippen molar-refractivity contribution in [2.45, 2.75) is 6.54 Å². The average Bonchev–Trinajstić information content (AvgIpc) is 2.89. The first kappa shape index (κ1) is 23.4. The van der Waals surface area contributed by atoms with Crippen molar-refractivity contribution >= 4 is 28.6 Å². The Balaban J connectivity index is 1.54. The van der Waals surface area contributed by atoms with Gasteiger partial charge in [0.2, 0.25) is 17.7 Å². The maximum absolute atomic E-state index is 12.9. The third-order valence-electron chi connectivity index (χ3n) is 4.92. The molecule has 0 radical (unpaired) electrons. The first-order chi connectivity index (χ1) is 17.0. The second kappa shape index (κ2) is 10.4. The Hall–Kier alpha value is -4.80. The largest absolute Gasteiger partial charge is 0.481 e. The molecule has 0 aliphatic heterocycles. The summed E-state index contributed by atoms with van der Waals surface area (Å²) < 4.78 is 16.5. The molecule has 11 nitrogen and oxygen atoms in total. The molecule has 0 atom stereocenters. The molecule has 0 aliphatic carbocycles. The van der Waals surface area contributed by atoms with E-state index in [0.717, 1.165) is 5.56 Å². The molecule has 0 bridgehead atoms. The van der Waals surface area contributed by atoms with Crippen molar-refractivity contribution in [3.05, 3.63) is 82.3 Å². The number of carbonyl (C=O) groups is 2. The van der Waals surface area contributed by atoms with Crippen LogP contribution in [-0.2, 0) is 16.1 Å². The topological polar surface area (TPSA) is 135 Å². The molecule has 11 heteroatoms. The zero-order valence-electron chi connectivity index (χ0n) is 18.9. The number of benzene rings is 2. The average molecular weight is 475 g/mol. The van der Waals surface area contributed by atoms with Crippen molar-refractivity contribution in [2.75, 3.05) is 26.1 Å². The number of ether oxygens (including phenoxy) is 3. The van der Waals surface area contributed by atoms with Crippen molar-refractivity contribution in [2.24, 2.45) is 0 Å². The summed E-state index contributed by atoms with van der Waals surface area (Å²) in [6.07, 6.45) is 0. The van der Waals surface area contributed by atoms with Crippen molar-refractivity contribution in [3.8, 4) is 11.8 Å². The number of hydrogen-bond donors (Lipinski definition) is 1. The number of hydrogen-bond acceptors (Lipinski definition) is 9. The van der Waals surface area contributed by atoms with Gasteiger partial charge < -0.3 is 14.2 Å². The van der Waals surface area contributed by atoms with Crippen LogP contribution in [0.15, 0.2) is 65.5 Å². The van der Waals surface area contributed by atoms with Crippen LogP contribution in [0.1, 0.15) is 16.1 Å². The standard InChI is InChI=1S/C24H21N5O6/c1-33-19-12-20(34-2)27-24(26-19)25-18(30)14-35-23(32)21-16-10-6-7-11-17(16)22(31)29(28-21)13-15-8-4-3-5-9-15/h3-12H,13-14H2,1-2H3,(H,25,26,27,30). The van der Waals surface area contributed by atoms with Gasteiger partial charge in [0.1, 0.15) is 0 Å². The third-order valence-corrected chi connectivity index (χ3v) is 4.92. The SMILES string of the molecule is COc1cc(OC)nc(NC(=O)COC(=O)c2nn(Cc3ccccc3)c(=O)c3ccccc23)n1. The van der Waals surface area contributed by atoms with E-state index in [4.69, 9.17) is 14.2 Å². The van der Waals surface area contributed by atoms with Gasteiger partial charge in [-0.05, 0) is 11.6 Å². The van der Waals surface area contributed by atoms with Crippen LogP contribution in [0.5, 0.6) is 11.8 Å². The molecule has 0 spiro atoms. The molecule has 0 fully saturated rings. The Morgan fingerprint density at radius 1 is 0.914 bits per heavy atom. The Bertz CT molecular complexity index is 1420. The molecule has 4 aromatic rings. The molecule has 0 saturated carbocycles. The van der Waals surface area contributed by atoms with E-state index in [0.29, 0.717) is 10.8 Å². The predicted molar refractivity (Wildman–Crippen MR) is 126 cm³/mol. The Morgan fingerprint density at radius 2 is 1.54 bits per heavy atom. The summed E-state index contributed by atoms with van der Waals surface area (Å²) in [6, 6.07) is 17.3. The number of amides is 1. The van der Waals surface area contributed by atoms with Crippen LogP contribution in [0.3, 0.4) is 0 Å². The molecule has 1 amide bonds. The van der Waals surface area contributed by atoms with Gasteiger partial charge in [-0.25, -0.2) is 9.48 Å². The molecule has 0 saturated heterocycles. The van der Waals surface area contributed by atoms with Crippen LogP contribution in [0.25, 0.3) is 10.8 Å². The molecule has 1 N–H and O–H groups in total. The highest BCUT2D eigenvalue weighted by molar-refractivity contribution is 6.03. The van der Waals surface area contributed by atoms with Crippen molar-refractivity contribution in [1.82, 2.24) is 19.7 Å². The van der Waals surface area contributed by atoms with Crippen molar-refractivity contribution in [3.63, 3.8) is 0 Å². The number of fused-ring (bicyclic) bond motifs is 1. The summed E-state index contributed by atoms with van der Waals surface area (Å²) in [5.41, 5.74) is 0.413. The second-order valence-electron chi connectivity index (χ2n) is 7.24. The zero-order chi connectivity index (χ0) is 24.8. The smallest absolute Gasteiger partial charge is 0.359 e. The summed E-state index contributed by atoms with van der Waals surface area (Å²) in [5, 5.41) is 7.30. The summed E-state index contributed by atoms with van der Waals surface area (Å²) in [7, 11) is 2.81. The van der Waals surface area contributed by atoms with E-state index < -0.39 is 18.5 Å². The monoisotopic (exact) mass is 475 g/mol. The predicted octanol–water partition coefficient (Wildman–Crippen LogP) is 2.05. The lowest BCUT2D eigenvalue weighted by Gasteiger charge is -2.11. The molecule has 35 heavy (non-hydrogen) atoms. The van der Waals surface area contributed by atoms with Gasteiger partial charge >= 0.3 is 5.97 Å². The van der Waals surface area contributed by atoms with Crippen molar-refractivity contribution in [1.29, 1.82) is 0 Å². The van der Waals surface area contributed by atoms with E-state index in [9.17, 15) is 14.4 Å². The minimum Gasteiger partial charge on any atom is -0.481 e. The Morgan fingerprint density at radius 3 is 2.20 bits per heavy atom. The molecule has 4 rings (SSSR count). The molecular weight excluding hydrogens is 454 g/mol. The summed E-state index contributed by atoms with van der Waals surface area (Å²) in [6.45, 7) is -0.462. The number of anilines is 1. The van der Waals surface area contributed by atoms with Crippen LogP contribution >= 0.6 is 0 Å². The lowest BCUT2D eigenvalue weighted by Crippen LogP contribution is -2.28. The first-order valence-electron chi connectivity index (χ1n) is 10.5. The van der Waals surface area contributed by atoms with Gasteiger partial charge in [0.25, 0.3) is 11.5 Å². The maximum atomic E-state index is 12.9. The Labute approximate surface area is 199 Å². The quantitative estimate of drug-likeness (QED) is 0.380. The number of methoxy groups -OCH3 is 2. The van der Waals surface area contributed by atoms with E-state index >= 15 is 0 Å². The number of rotatable bonds is 8. The minimum atomic E-state index is -0.859. The highest BCUT2D eigenvalue weighted by Gasteiger charge is 2.20. The van der Waals surface area contributed by atoms with Crippen molar-refractivity contribution < 1.29 is 23.8 Å². The van der Waals surface area contributed by atoms with Gasteiger partial charge in [-0.15, -0.1) is 0 Å². The summed E-state index contributed by atoms with van der Waals surface area (Å²) in [5.74, 6) is -1.26. The summed E-state index contributed by atoms with van der Waals surface area (Å²) in [4.78, 5) is 46.1. The highest BCUT2D eigenvalue weighted by atomic mass is 16.5. The van der Waals surface area contributed by atoms with Crippen LogP contribution in [0, 0.1) is 0 Å². The number of aromatic nitrogens is 4. The number of nitrogens with one attached hydrogen (secondary N) is 1. The third kappa shape index (κ3) is 5.41. The number of esters is 1. The Kier molecular flexibility index (Phi) is 6.96. The van der Waals surface area contributed by atoms with E-state index in [1.54, 1.807) is 24.3 Å². The molecule has 0 unspecified atom stereocenters. The summed E-state index contributed by atoms with van der Waals surface area (Å²) >= 11 is 0. The van der Waals surface area contributed by atoms with Crippen LogP contribution in [-0.4, -0.2) is 52.5 Å². The first-order valence-corrected chi connectivity index (χ1v) is 10.5. The van der Waals surface area contributed by atoms with E-state index in [2.05, 4.69) is 20.4 Å². The fourth-order valence-corrected chi connectivity index (χ4v) is 3.28. The van der Waals surface area contributed by atoms with Crippen LogP contribution < -0.4 is 20.3 Å². The lowest BCUT2D eigenvalue weighted by molar-refractivity contribution is -0.119. The van der Waals surface area contributed by atoms with Gasteiger partial charge in [0.05, 0.1) is 32.2 Å². The fraction of sp³-hybridized carbons (Fsp3) is 0.167. The van der Waals surface area contributed by atoms with Gasteiger partial charge in [0.15, 0.2) is 12.3 Å². The van der Waals surface area contributed by atoms with Crippen LogP contribution in [0.4, 0.5) is 5.95 Å². The van der Waals surface area contributed by atoms with E-state index in [-0.39, 0.29) is 35.5 Å². The number of carbonyl (C=O) groups excluding carboxylic acids is 2. The second-order valence-corrected chi connectivity index (χ2v) is 7.24. The van der Waals surface area contributed by atoms with Crippen LogP contribution in [0.2, 0.25) is 0 Å². The molecule has 0 aliphatic rings. The normalized spacial score (nSPS) is 10.6. The minimum absolute atomic E-state index is 0.0803. The van der Waals surface area contributed by atoms with Gasteiger partial charge in [-0.2, -0.15) is 15.1 Å².